The Labute approximate surface area is 350 Å². The molecule has 8 atom stereocenters. The molecule has 0 spiro atoms. The van der Waals surface area contributed by atoms with Gasteiger partial charge in [0.05, 0.1) is 34.6 Å². The van der Waals surface area contributed by atoms with E-state index < -0.39 is 24.6 Å². The lowest BCUT2D eigenvalue weighted by Gasteiger charge is -2.60. The number of pyridine rings is 2. The third-order valence-electron chi connectivity index (χ3n) is 15.3. The molecule has 4 aliphatic carbocycles. The number of para-hydroxylation sites is 1. The maximum absolute atomic E-state index is 14.0. The highest BCUT2D eigenvalue weighted by Crippen LogP contribution is 2.65. The van der Waals surface area contributed by atoms with Crippen LogP contribution < -0.4 is 10.3 Å². The van der Waals surface area contributed by atoms with E-state index in [4.69, 9.17) is 23.9 Å². The van der Waals surface area contributed by atoms with Gasteiger partial charge in [-0.1, -0.05) is 39.0 Å². The SMILES string of the molecule is CC[C@H](OC(=O)COc1ccc(C(=O)O[C@H]2CC[C@@]3(C)C(CCC4C3CC[C@]3(C)C(=O)CCC43)C2)cc1)c1cc2n(c(=O)c1COC(C)=O)Cc1cc3ccccc3nc1-2. The molecule has 314 valence electrons. The summed E-state index contributed by atoms with van der Waals surface area (Å²) in [4.78, 5) is 70.1. The summed E-state index contributed by atoms with van der Waals surface area (Å²) in [5.41, 5.74) is 3.87. The van der Waals surface area contributed by atoms with E-state index in [2.05, 4.69) is 13.8 Å². The molecular formula is C49H54N2O9. The molecule has 5 aliphatic rings. The number of carbonyl (C=O) groups is 4. The highest BCUT2D eigenvalue weighted by atomic mass is 16.6. The second-order valence-electron chi connectivity index (χ2n) is 18.4. The van der Waals surface area contributed by atoms with E-state index in [1.54, 1.807) is 28.8 Å². The fourth-order valence-corrected chi connectivity index (χ4v) is 12.0. The number of aromatic nitrogens is 2. The molecule has 60 heavy (non-hydrogen) atoms. The summed E-state index contributed by atoms with van der Waals surface area (Å²) < 4.78 is 24.7. The Bertz CT molecular complexity index is 2440. The van der Waals surface area contributed by atoms with Gasteiger partial charge in [0.25, 0.3) is 5.56 Å². The number of benzene rings is 2. The van der Waals surface area contributed by atoms with Crippen molar-refractivity contribution in [1.82, 2.24) is 9.55 Å². The molecule has 9 rings (SSSR count). The zero-order valence-electron chi connectivity index (χ0n) is 35.0. The van der Waals surface area contributed by atoms with Crippen molar-refractivity contribution in [3.05, 3.63) is 93.3 Å². The molecule has 1 aliphatic heterocycles. The van der Waals surface area contributed by atoms with Gasteiger partial charge in [-0.2, -0.15) is 0 Å². The summed E-state index contributed by atoms with van der Waals surface area (Å²) >= 11 is 0. The van der Waals surface area contributed by atoms with Crippen molar-refractivity contribution in [2.45, 2.75) is 117 Å². The lowest BCUT2D eigenvalue weighted by Crippen LogP contribution is -2.54. The van der Waals surface area contributed by atoms with Crippen LogP contribution in [0.5, 0.6) is 5.75 Å². The second-order valence-corrected chi connectivity index (χ2v) is 18.4. The molecule has 4 aromatic rings. The maximum atomic E-state index is 14.0. The molecule has 0 bridgehead atoms. The van der Waals surface area contributed by atoms with Gasteiger partial charge in [0.2, 0.25) is 0 Å². The van der Waals surface area contributed by atoms with E-state index in [0.717, 1.165) is 67.8 Å². The van der Waals surface area contributed by atoms with Crippen molar-refractivity contribution >= 4 is 34.6 Å². The zero-order valence-corrected chi connectivity index (χ0v) is 35.0. The Balaban J connectivity index is 0.820. The molecule has 0 radical (unpaired) electrons. The van der Waals surface area contributed by atoms with Crippen molar-refractivity contribution < 1.29 is 38.1 Å². The van der Waals surface area contributed by atoms with Gasteiger partial charge in [-0.15, -0.1) is 0 Å². The smallest absolute Gasteiger partial charge is 0.344 e. The van der Waals surface area contributed by atoms with Crippen LogP contribution in [0.2, 0.25) is 0 Å². The van der Waals surface area contributed by atoms with Crippen molar-refractivity contribution in [2.75, 3.05) is 6.61 Å². The Kier molecular flexibility index (Phi) is 10.4. The number of Topliss-reactive ketones (excluding diaryl/α,β-unsaturated/α-hetero) is 1. The van der Waals surface area contributed by atoms with Crippen LogP contribution in [0.4, 0.5) is 0 Å². The van der Waals surface area contributed by atoms with Crippen LogP contribution in [-0.4, -0.2) is 46.0 Å². The topological polar surface area (TPSA) is 140 Å². The summed E-state index contributed by atoms with van der Waals surface area (Å²) in [7, 11) is 0. The largest absolute Gasteiger partial charge is 0.482 e. The molecule has 11 heteroatoms. The third-order valence-corrected chi connectivity index (χ3v) is 15.3. The van der Waals surface area contributed by atoms with E-state index in [9.17, 15) is 24.0 Å². The molecule has 2 aromatic heterocycles. The lowest BCUT2D eigenvalue weighted by molar-refractivity contribution is -0.152. The van der Waals surface area contributed by atoms with Gasteiger partial charge in [0, 0.05) is 35.3 Å². The van der Waals surface area contributed by atoms with Crippen LogP contribution in [0, 0.1) is 34.5 Å². The average molecular weight is 815 g/mol. The zero-order chi connectivity index (χ0) is 41.9. The number of hydrogen-bond acceptors (Lipinski definition) is 10. The van der Waals surface area contributed by atoms with Crippen LogP contribution in [0.3, 0.4) is 0 Å². The van der Waals surface area contributed by atoms with Crippen molar-refractivity contribution in [3.63, 3.8) is 0 Å². The number of ketones is 1. The van der Waals surface area contributed by atoms with Crippen molar-refractivity contribution in [1.29, 1.82) is 0 Å². The number of esters is 3. The Morgan fingerprint density at radius 3 is 2.52 bits per heavy atom. The van der Waals surface area contributed by atoms with Gasteiger partial charge in [0.1, 0.15) is 30.3 Å². The van der Waals surface area contributed by atoms with Gasteiger partial charge in [-0.05, 0) is 129 Å². The summed E-state index contributed by atoms with van der Waals surface area (Å²) in [6, 6.07) is 18.2. The Morgan fingerprint density at radius 1 is 0.933 bits per heavy atom. The van der Waals surface area contributed by atoms with Gasteiger partial charge >= 0.3 is 17.9 Å². The molecule has 4 unspecified atom stereocenters. The van der Waals surface area contributed by atoms with Crippen molar-refractivity contribution in [2.24, 2.45) is 34.5 Å². The quantitative estimate of drug-likeness (QED) is 0.0994. The van der Waals surface area contributed by atoms with Gasteiger partial charge < -0.3 is 23.5 Å². The fraction of sp³-hybridized carbons (Fsp3) is 0.510. The van der Waals surface area contributed by atoms with Crippen LogP contribution in [0.15, 0.2) is 65.5 Å². The number of nitrogens with zero attached hydrogens (tertiary/aromatic N) is 2. The molecule has 0 N–H and O–H groups in total. The summed E-state index contributed by atoms with van der Waals surface area (Å²) in [5, 5.41) is 0.966. The van der Waals surface area contributed by atoms with E-state index in [1.165, 1.54) is 13.3 Å². The summed E-state index contributed by atoms with van der Waals surface area (Å²) in [6.45, 7) is 7.48. The van der Waals surface area contributed by atoms with Gasteiger partial charge in [0.15, 0.2) is 6.61 Å². The van der Waals surface area contributed by atoms with E-state index >= 15 is 0 Å². The number of fused-ring (bicyclic) bond motifs is 9. The molecule has 0 amide bonds. The van der Waals surface area contributed by atoms with Crippen molar-refractivity contribution in [3.8, 4) is 17.1 Å². The maximum Gasteiger partial charge on any atom is 0.344 e. The van der Waals surface area contributed by atoms with Gasteiger partial charge in [-0.25, -0.2) is 14.6 Å². The molecule has 2 aromatic carbocycles. The van der Waals surface area contributed by atoms with Crippen LogP contribution in [0.25, 0.3) is 22.3 Å². The third kappa shape index (κ3) is 7.01. The highest BCUT2D eigenvalue weighted by Gasteiger charge is 2.60. The number of rotatable bonds is 10. The Hall–Kier alpha value is -5.32. The molecule has 11 nitrogen and oxygen atoms in total. The van der Waals surface area contributed by atoms with E-state index in [1.807, 2.05) is 43.3 Å². The first-order valence-electron chi connectivity index (χ1n) is 21.8. The molecule has 4 fully saturated rings. The monoisotopic (exact) mass is 814 g/mol. The molecule has 0 saturated heterocycles. The molecule has 3 heterocycles. The fourth-order valence-electron chi connectivity index (χ4n) is 12.0. The molecule has 4 saturated carbocycles. The summed E-state index contributed by atoms with van der Waals surface area (Å²) in [6.07, 6.45) is 8.40. The minimum atomic E-state index is -0.823. The van der Waals surface area contributed by atoms with Crippen LogP contribution in [-0.2, 0) is 41.7 Å². The lowest BCUT2D eigenvalue weighted by atomic mass is 9.45. The first kappa shape index (κ1) is 40.1. The standard InChI is InChI=1S/C49H54N2O9/c1-5-42(36-24-41-45-31(22-30-8-6-7-9-40(30)50-45)25-51(41)46(55)37(36)26-57-28(2)52)60-44(54)27-58-33-13-10-29(11-14-33)47(56)59-34-18-20-48(3)32(23-34)12-15-35-38-16-17-43(53)49(38,4)21-19-39(35)48/h6-11,13-14,22,24,32,34-35,38-39,42H,5,12,15-21,23,25-27H2,1-4H3/t32?,34-,35?,38?,39?,42-,48-,49-/m0/s1. The van der Waals surface area contributed by atoms with E-state index in [0.29, 0.717) is 70.7 Å². The number of ether oxygens (including phenoxy) is 4. The minimum Gasteiger partial charge on any atom is -0.482 e. The predicted molar refractivity (Wildman–Crippen MR) is 223 cm³/mol. The highest BCUT2D eigenvalue weighted by molar-refractivity contribution is 5.90. The summed E-state index contributed by atoms with van der Waals surface area (Å²) in [5.74, 6) is 1.62. The normalized spacial score (nSPS) is 28.1. The predicted octanol–water partition coefficient (Wildman–Crippen LogP) is 8.70. The molecular weight excluding hydrogens is 761 g/mol. The van der Waals surface area contributed by atoms with Crippen LogP contribution in [0.1, 0.15) is 125 Å². The Morgan fingerprint density at radius 2 is 1.73 bits per heavy atom. The number of hydrogen-bond donors (Lipinski definition) is 0. The minimum absolute atomic E-state index is 0.118. The average Bonchev–Trinajstić information content (AvgIpc) is 3.76. The first-order valence-corrected chi connectivity index (χ1v) is 21.8. The van der Waals surface area contributed by atoms with Crippen LogP contribution >= 0.6 is 0 Å². The number of carbonyl (C=O) groups excluding carboxylic acids is 4. The second kappa shape index (κ2) is 15.6. The first-order chi connectivity index (χ1) is 28.9. The van der Waals surface area contributed by atoms with E-state index in [-0.39, 0.29) is 40.6 Å². The van der Waals surface area contributed by atoms with Gasteiger partial charge in [-0.3, -0.25) is 14.4 Å².